The van der Waals surface area contributed by atoms with Gasteiger partial charge >= 0.3 is 0 Å². The van der Waals surface area contributed by atoms with Crippen LogP contribution >= 0.6 is 0 Å². The normalized spacial score (nSPS) is 8.90. The highest BCUT2D eigenvalue weighted by Crippen LogP contribution is 1.91. The predicted octanol–water partition coefficient (Wildman–Crippen LogP) is 0.492. The Labute approximate surface area is 60.8 Å². The number of hydrogen-bond donors (Lipinski definition) is 1. The van der Waals surface area contributed by atoms with Gasteiger partial charge in [-0.1, -0.05) is 13.3 Å². The van der Waals surface area contributed by atoms with Gasteiger partial charge < -0.3 is 10.1 Å². The topological polar surface area (TPSA) is 46.2 Å². The lowest BCUT2D eigenvalue weighted by atomic mass is 10.2. The van der Waals surface area contributed by atoms with E-state index in [0.717, 1.165) is 12.8 Å². The summed E-state index contributed by atoms with van der Waals surface area (Å²) in [6.45, 7) is 2.16. The van der Waals surface area contributed by atoms with Gasteiger partial charge in [-0.3, -0.25) is 4.79 Å². The molecule has 0 saturated carbocycles. The molecule has 0 atom stereocenters. The van der Waals surface area contributed by atoms with Gasteiger partial charge in [0.1, 0.15) is 6.29 Å². The van der Waals surface area contributed by atoms with Gasteiger partial charge in [0.05, 0.1) is 6.54 Å². The van der Waals surface area contributed by atoms with Gasteiger partial charge in [-0.2, -0.15) is 0 Å². The van der Waals surface area contributed by atoms with Crippen LogP contribution in [0.1, 0.15) is 26.2 Å². The molecule has 0 aliphatic heterocycles. The minimum atomic E-state index is -0.0334. The summed E-state index contributed by atoms with van der Waals surface area (Å²) < 4.78 is 0. The van der Waals surface area contributed by atoms with E-state index in [2.05, 4.69) is 5.32 Å². The molecule has 1 N–H and O–H groups in total. The molecule has 58 valence electrons. The van der Waals surface area contributed by atoms with E-state index in [1.807, 2.05) is 6.92 Å². The average Bonchev–Trinajstić information content (AvgIpc) is 1.97. The second kappa shape index (κ2) is 6.26. The summed E-state index contributed by atoms with van der Waals surface area (Å²) in [6, 6.07) is 0. The first-order valence-corrected chi connectivity index (χ1v) is 3.51. The maximum atomic E-state index is 10.7. The summed E-state index contributed by atoms with van der Waals surface area (Å²) in [5.41, 5.74) is 0. The van der Waals surface area contributed by atoms with E-state index in [1.54, 1.807) is 0 Å². The zero-order valence-electron chi connectivity index (χ0n) is 6.22. The molecule has 0 aromatic heterocycles. The Morgan fingerprint density at radius 3 is 2.80 bits per heavy atom. The van der Waals surface area contributed by atoms with E-state index in [1.165, 1.54) is 0 Å². The number of aldehydes is 1. The van der Waals surface area contributed by atoms with Crippen LogP contribution in [0, 0.1) is 0 Å². The van der Waals surface area contributed by atoms with E-state index in [4.69, 9.17) is 0 Å². The van der Waals surface area contributed by atoms with Crippen LogP contribution in [0.2, 0.25) is 0 Å². The molecule has 0 spiro atoms. The van der Waals surface area contributed by atoms with Crippen LogP contribution in [-0.2, 0) is 9.59 Å². The van der Waals surface area contributed by atoms with Crippen LogP contribution in [0.25, 0.3) is 0 Å². The number of hydrogen-bond acceptors (Lipinski definition) is 2. The standard InChI is InChI=1S/C7H13NO2/c1-2-3-4-7(10)8-5-6-9/h6H,2-5H2,1H3,(H,8,10). The monoisotopic (exact) mass is 143 g/mol. The van der Waals surface area contributed by atoms with Crippen molar-refractivity contribution in [2.45, 2.75) is 26.2 Å². The maximum absolute atomic E-state index is 10.7. The second-order valence-corrected chi connectivity index (χ2v) is 2.07. The maximum Gasteiger partial charge on any atom is 0.220 e. The van der Waals surface area contributed by atoms with Crippen molar-refractivity contribution in [2.75, 3.05) is 6.54 Å². The Kier molecular flexibility index (Phi) is 5.72. The van der Waals surface area contributed by atoms with Gasteiger partial charge in [0, 0.05) is 6.42 Å². The molecule has 0 fully saturated rings. The number of rotatable bonds is 5. The largest absolute Gasteiger partial charge is 0.349 e. The van der Waals surface area contributed by atoms with Gasteiger partial charge in [0.2, 0.25) is 5.91 Å². The fourth-order valence-electron chi connectivity index (χ4n) is 0.581. The molecule has 10 heavy (non-hydrogen) atoms. The van der Waals surface area contributed by atoms with E-state index in [9.17, 15) is 9.59 Å². The second-order valence-electron chi connectivity index (χ2n) is 2.07. The van der Waals surface area contributed by atoms with Crippen molar-refractivity contribution in [1.29, 1.82) is 0 Å². The lowest BCUT2D eigenvalue weighted by Crippen LogP contribution is -2.24. The summed E-state index contributed by atoms with van der Waals surface area (Å²) in [4.78, 5) is 20.5. The van der Waals surface area contributed by atoms with E-state index < -0.39 is 0 Å². The highest BCUT2D eigenvalue weighted by molar-refractivity contribution is 5.78. The van der Waals surface area contributed by atoms with Crippen molar-refractivity contribution >= 4 is 12.2 Å². The molecule has 0 radical (unpaired) electrons. The molecule has 1 amide bonds. The number of amides is 1. The van der Waals surface area contributed by atoms with Crippen LogP contribution < -0.4 is 5.32 Å². The zero-order chi connectivity index (χ0) is 7.82. The Balaban J connectivity index is 3.16. The van der Waals surface area contributed by atoms with Crippen LogP contribution in [-0.4, -0.2) is 18.7 Å². The van der Waals surface area contributed by atoms with Gasteiger partial charge in [-0.05, 0) is 6.42 Å². The number of unbranched alkanes of at least 4 members (excludes halogenated alkanes) is 1. The van der Waals surface area contributed by atoms with Gasteiger partial charge in [-0.25, -0.2) is 0 Å². The quantitative estimate of drug-likeness (QED) is 0.569. The van der Waals surface area contributed by atoms with Gasteiger partial charge in [-0.15, -0.1) is 0 Å². The summed E-state index contributed by atoms with van der Waals surface area (Å²) in [7, 11) is 0. The third-order valence-electron chi connectivity index (χ3n) is 1.14. The lowest BCUT2D eigenvalue weighted by molar-refractivity contribution is -0.122. The van der Waals surface area contributed by atoms with Crippen molar-refractivity contribution in [3.05, 3.63) is 0 Å². The first kappa shape index (κ1) is 9.14. The van der Waals surface area contributed by atoms with Crippen LogP contribution in [0.3, 0.4) is 0 Å². The summed E-state index contributed by atoms with van der Waals surface area (Å²) in [5, 5.41) is 2.46. The molecule has 0 unspecified atom stereocenters. The summed E-state index contributed by atoms with van der Waals surface area (Å²) in [5.74, 6) is -0.0334. The fraction of sp³-hybridized carbons (Fsp3) is 0.714. The molecule has 0 aliphatic rings. The molecule has 0 rings (SSSR count). The molecule has 0 aromatic carbocycles. The van der Waals surface area contributed by atoms with E-state index >= 15 is 0 Å². The molecule has 3 nitrogen and oxygen atoms in total. The Morgan fingerprint density at radius 2 is 2.30 bits per heavy atom. The Morgan fingerprint density at radius 1 is 1.60 bits per heavy atom. The van der Waals surface area contributed by atoms with Crippen molar-refractivity contribution < 1.29 is 9.59 Å². The minimum Gasteiger partial charge on any atom is -0.349 e. The van der Waals surface area contributed by atoms with Gasteiger partial charge in [0.15, 0.2) is 0 Å². The smallest absolute Gasteiger partial charge is 0.220 e. The van der Waals surface area contributed by atoms with Crippen LogP contribution in [0.4, 0.5) is 0 Å². The number of carbonyl (C=O) groups excluding carboxylic acids is 2. The van der Waals surface area contributed by atoms with E-state index in [-0.39, 0.29) is 12.5 Å². The van der Waals surface area contributed by atoms with Crippen LogP contribution in [0.15, 0.2) is 0 Å². The van der Waals surface area contributed by atoms with Crippen molar-refractivity contribution in [3.63, 3.8) is 0 Å². The van der Waals surface area contributed by atoms with Crippen molar-refractivity contribution in [1.82, 2.24) is 5.32 Å². The Hall–Kier alpha value is -0.860. The molecule has 0 aromatic rings. The molecular formula is C7H13NO2. The number of nitrogens with one attached hydrogen (secondary N) is 1. The molecule has 3 heteroatoms. The Bertz CT molecular complexity index is 112. The van der Waals surface area contributed by atoms with E-state index in [0.29, 0.717) is 12.7 Å². The highest BCUT2D eigenvalue weighted by Gasteiger charge is 1.96. The van der Waals surface area contributed by atoms with Crippen LogP contribution in [0.5, 0.6) is 0 Å². The molecule has 0 bridgehead atoms. The van der Waals surface area contributed by atoms with Crippen molar-refractivity contribution in [3.8, 4) is 0 Å². The first-order valence-electron chi connectivity index (χ1n) is 3.51. The molecule has 0 aliphatic carbocycles. The third kappa shape index (κ3) is 5.28. The molecule has 0 saturated heterocycles. The zero-order valence-corrected chi connectivity index (χ0v) is 6.22. The third-order valence-corrected chi connectivity index (χ3v) is 1.14. The van der Waals surface area contributed by atoms with Gasteiger partial charge in [0.25, 0.3) is 0 Å². The fourth-order valence-corrected chi connectivity index (χ4v) is 0.581. The minimum absolute atomic E-state index is 0.0334. The predicted molar refractivity (Wildman–Crippen MR) is 38.6 cm³/mol. The average molecular weight is 143 g/mol. The SMILES string of the molecule is CCCCC(=O)NCC=O. The summed E-state index contributed by atoms with van der Waals surface area (Å²) in [6.07, 6.45) is 3.12. The molecular weight excluding hydrogens is 130 g/mol. The van der Waals surface area contributed by atoms with Crippen molar-refractivity contribution in [2.24, 2.45) is 0 Å². The number of carbonyl (C=O) groups is 2. The lowest BCUT2D eigenvalue weighted by Gasteiger charge is -1.97. The summed E-state index contributed by atoms with van der Waals surface area (Å²) >= 11 is 0. The highest BCUT2D eigenvalue weighted by atomic mass is 16.2. The first-order chi connectivity index (χ1) is 4.81. The molecule has 0 heterocycles.